The van der Waals surface area contributed by atoms with Crippen molar-refractivity contribution in [3.63, 3.8) is 0 Å². The Morgan fingerprint density at radius 1 is 1.08 bits per heavy atom. The first-order chi connectivity index (χ1) is 12.5. The van der Waals surface area contributed by atoms with Crippen LogP contribution in [0.1, 0.15) is 34.9 Å². The first-order valence-electron chi connectivity index (χ1n) is 8.50. The second kappa shape index (κ2) is 6.20. The molecule has 1 aliphatic carbocycles. The van der Waals surface area contributed by atoms with Crippen molar-refractivity contribution in [3.05, 3.63) is 70.8 Å². The molecule has 3 unspecified atom stereocenters. The molecule has 2 aromatic carbocycles. The lowest BCUT2D eigenvalue weighted by atomic mass is 9.89. The van der Waals surface area contributed by atoms with E-state index in [2.05, 4.69) is 0 Å². The zero-order valence-corrected chi connectivity index (χ0v) is 13.9. The van der Waals surface area contributed by atoms with Gasteiger partial charge < -0.3 is 10.0 Å². The molecule has 1 fully saturated rings. The van der Waals surface area contributed by atoms with Gasteiger partial charge in [0, 0.05) is 19.0 Å². The summed E-state index contributed by atoms with van der Waals surface area (Å²) in [7, 11) is 0. The van der Waals surface area contributed by atoms with E-state index in [9.17, 15) is 23.5 Å². The molecule has 1 N–H and O–H groups in total. The van der Waals surface area contributed by atoms with Crippen molar-refractivity contribution in [2.24, 2.45) is 5.92 Å². The standard InChI is InChI=1S/C20H17F2NO3/c21-12-5-6-18(22)15(7-12)14-8-16(14)19(24)23-9-11-3-1-2-4-13(11)17(10-23)20(25)26/h1-7,14,16-17H,8-10H2,(H,25,26). The van der Waals surface area contributed by atoms with E-state index in [0.717, 1.165) is 29.3 Å². The lowest BCUT2D eigenvalue weighted by molar-refractivity contribution is -0.141. The highest BCUT2D eigenvalue weighted by Gasteiger charge is 2.48. The number of hydrogen-bond donors (Lipinski definition) is 1. The van der Waals surface area contributed by atoms with E-state index in [1.807, 2.05) is 12.1 Å². The number of rotatable bonds is 3. The summed E-state index contributed by atoms with van der Waals surface area (Å²) in [5.74, 6) is -3.76. The molecule has 0 spiro atoms. The van der Waals surface area contributed by atoms with Gasteiger partial charge in [0.2, 0.25) is 5.91 Å². The number of benzene rings is 2. The summed E-state index contributed by atoms with van der Waals surface area (Å²) < 4.78 is 27.3. The molecule has 2 aromatic rings. The maximum absolute atomic E-state index is 13.9. The van der Waals surface area contributed by atoms with Crippen molar-refractivity contribution in [1.29, 1.82) is 0 Å². The topological polar surface area (TPSA) is 57.6 Å². The van der Waals surface area contributed by atoms with Crippen LogP contribution in [-0.4, -0.2) is 28.4 Å². The van der Waals surface area contributed by atoms with Crippen LogP contribution in [0.25, 0.3) is 0 Å². The number of halogens is 2. The third-order valence-electron chi connectivity index (χ3n) is 5.27. The second-order valence-corrected chi connectivity index (χ2v) is 6.92. The average Bonchev–Trinajstić information content (AvgIpc) is 3.42. The molecule has 134 valence electrons. The summed E-state index contributed by atoms with van der Waals surface area (Å²) in [5, 5.41) is 9.51. The lowest BCUT2D eigenvalue weighted by Gasteiger charge is -2.33. The zero-order valence-electron chi connectivity index (χ0n) is 13.9. The van der Waals surface area contributed by atoms with Gasteiger partial charge >= 0.3 is 5.97 Å². The van der Waals surface area contributed by atoms with Crippen LogP contribution in [0.4, 0.5) is 8.78 Å². The van der Waals surface area contributed by atoms with Crippen LogP contribution in [0.3, 0.4) is 0 Å². The van der Waals surface area contributed by atoms with E-state index >= 15 is 0 Å². The molecule has 26 heavy (non-hydrogen) atoms. The Morgan fingerprint density at radius 3 is 2.62 bits per heavy atom. The fourth-order valence-electron chi connectivity index (χ4n) is 3.83. The fourth-order valence-corrected chi connectivity index (χ4v) is 3.83. The van der Waals surface area contributed by atoms with Crippen LogP contribution < -0.4 is 0 Å². The molecule has 1 heterocycles. The molecule has 0 saturated heterocycles. The number of carboxylic acid groups (broad SMARTS) is 1. The highest BCUT2D eigenvalue weighted by atomic mass is 19.1. The number of aliphatic carboxylic acids is 1. The Hall–Kier alpha value is -2.76. The molecular weight excluding hydrogens is 340 g/mol. The van der Waals surface area contributed by atoms with Gasteiger partial charge in [-0.05, 0) is 47.2 Å². The number of carbonyl (C=O) groups excluding carboxylic acids is 1. The Labute approximate surface area is 149 Å². The summed E-state index contributed by atoms with van der Waals surface area (Å²) in [6.07, 6.45) is 0.453. The summed E-state index contributed by atoms with van der Waals surface area (Å²) in [6.45, 7) is 0.438. The molecule has 0 radical (unpaired) electrons. The summed E-state index contributed by atoms with van der Waals surface area (Å²) >= 11 is 0. The molecule has 4 nitrogen and oxygen atoms in total. The molecule has 3 atom stereocenters. The Bertz CT molecular complexity index is 898. The van der Waals surface area contributed by atoms with Crippen molar-refractivity contribution in [1.82, 2.24) is 4.90 Å². The largest absolute Gasteiger partial charge is 0.481 e. The number of fused-ring (bicyclic) bond motifs is 1. The van der Waals surface area contributed by atoms with Crippen LogP contribution in [0, 0.1) is 17.6 Å². The van der Waals surface area contributed by atoms with Crippen molar-refractivity contribution in [2.45, 2.75) is 24.8 Å². The number of carboxylic acids is 1. The minimum Gasteiger partial charge on any atom is -0.481 e. The van der Waals surface area contributed by atoms with Crippen LogP contribution in [0.5, 0.6) is 0 Å². The second-order valence-electron chi connectivity index (χ2n) is 6.92. The fraction of sp³-hybridized carbons (Fsp3) is 0.300. The number of carbonyl (C=O) groups is 2. The quantitative estimate of drug-likeness (QED) is 0.917. The zero-order chi connectivity index (χ0) is 18.4. The van der Waals surface area contributed by atoms with Crippen molar-refractivity contribution < 1.29 is 23.5 Å². The summed E-state index contributed by atoms with van der Waals surface area (Å²) in [5.41, 5.74) is 1.76. The van der Waals surface area contributed by atoms with Gasteiger partial charge in [0.05, 0.1) is 5.92 Å². The smallest absolute Gasteiger partial charge is 0.312 e. The number of nitrogens with zero attached hydrogens (tertiary/aromatic N) is 1. The van der Waals surface area contributed by atoms with Crippen LogP contribution in [0.2, 0.25) is 0 Å². The predicted molar refractivity (Wildman–Crippen MR) is 89.4 cm³/mol. The predicted octanol–water partition coefficient (Wildman–Crippen LogP) is 3.28. The minimum atomic E-state index is -0.974. The lowest BCUT2D eigenvalue weighted by Crippen LogP contribution is -2.41. The van der Waals surface area contributed by atoms with Crippen molar-refractivity contribution in [3.8, 4) is 0 Å². The number of amides is 1. The summed E-state index contributed by atoms with van der Waals surface area (Å²) in [4.78, 5) is 26.0. The van der Waals surface area contributed by atoms with Crippen LogP contribution in [0.15, 0.2) is 42.5 Å². The van der Waals surface area contributed by atoms with Gasteiger partial charge in [-0.15, -0.1) is 0 Å². The molecule has 0 bridgehead atoms. The van der Waals surface area contributed by atoms with E-state index in [0.29, 0.717) is 13.0 Å². The van der Waals surface area contributed by atoms with Gasteiger partial charge in [-0.3, -0.25) is 9.59 Å². The molecule has 1 aliphatic heterocycles. The van der Waals surface area contributed by atoms with Gasteiger partial charge in [-0.2, -0.15) is 0 Å². The Kier molecular flexibility index (Phi) is 3.98. The van der Waals surface area contributed by atoms with E-state index < -0.39 is 29.4 Å². The molecule has 0 aromatic heterocycles. The molecule has 4 rings (SSSR count). The van der Waals surface area contributed by atoms with Crippen LogP contribution >= 0.6 is 0 Å². The van der Waals surface area contributed by atoms with Gasteiger partial charge in [0.25, 0.3) is 0 Å². The Balaban J connectivity index is 1.55. The molecule has 6 heteroatoms. The maximum Gasteiger partial charge on any atom is 0.312 e. The number of hydrogen-bond acceptors (Lipinski definition) is 2. The normalized spacial score (nSPS) is 24.1. The van der Waals surface area contributed by atoms with Gasteiger partial charge in [0.1, 0.15) is 11.6 Å². The van der Waals surface area contributed by atoms with Crippen molar-refractivity contribution in [2.75, 3.05) is 6.54 Å². The van der Waals surface area contributed by atoms with Gasteiger partial charge in [-0.1, -0.05) is 24.3 Å². The average molecular weight is 357 g/mol. The monoisotopic (exact) mass is 357 g/mol. The van der Waals surface area contributed by atoms with E-state index in [4.69, 9.17) is 0 Å². The molecule has 1 saturated carbocycles. The molecule has 2 aliphatic rings. The maximum atomic E-state index is 13.9. The van der Waals surface area contributed by atoms with E-state index in [1.54, 1.807) is 12.1 Å². The van der Waals surface area contributed by atoms with E-state index in [1.165, 1.54) is 4.90 Å². The van der Waals surface area contributed by atoms with Gasteiger partial charge in [-0.25, -0.2) is 8.78 Å². The SMILES string of the molecule is O=C(O)C1CN(C(=O)C2CC2c2cc(F)ccc2F)Cc2ccccc21. The first kappa shape index (κ1) is 16.7. The highest BCUT2D eigenvalue weighted by molar-refractivity contribution is 5.85. The van der Waals surface area contributed by atoms with E-state index in [-0.39, 0.29) is 23.9 Å². The third kappa shape index (κ3) is 2.85. The highest BCUT2D eigenvalue weighted by Crippen LogP contribution is 2.50. The van der Waals surface area contributed by atoms with Crippen LogP contribution in [-0.2, 0) is 16.1 Å². The molecular formula is C20H17F2NO3. The minimum absolute atomic E-state index is 0.0973. The van der Waals surface area contributed by atoms with Gasteiger partial charge in [0.15, 0.2) is 0 Å². The van der Waals surface area contributed by atoms with Crippen molar-refractivity contribution >= 4 is 11.9 Å². The Morgan fingerprint density at radius 2 is 1.85 bits per heavy atom. The summed E-state index contributed by atoms with van der Waals surface area (Å²) in [6, 6.07) is 10.5. The third-order valence-corrected chi connectivity index (χ3v) is 5.27. The molecule has 1 amide bonds. The first-order valence-corrected chi connectivity index (χ1v) is 8.50.